The van der Waals surface area contributed by atoms with Crippen LogP contribution < -0.4 is 10.2 Å². The van der Waals surface area contributed by atoms with Crippen LogP contribution in [0.3, 0.4) is 0 Å². The molecule has 0 fully saturated rings. The number of rotatable bonds is 3. The van der Waals surface area contributed by atoms with Crippen molar-refractivity contribution < 1.29 is 23.2 Å². The van der Waals surface area contributed by atoms with Crippen LogP contribution in [0.5, 0.6) is 5.75 Å². The van der Waals surface area contributed by atoms with Crippen LogP contribution in [0.2, 0.25) is 0 Å². The zero-order valence-corrected chi connectivity index (χ0v) is 12.6. The molecule has 2 aromatic rings. The van der Waals surface area contributed by atoms with E-state index in [1.165, 1.54) is 18.2 Å². The lowest BCUT2D eigenvalue weighted by atomic mass is 9.79. The minimum atomic E-state index is -3.77. The van der Waals surface area contributed by atoms with Crippen LogP contribution in [0, 0.1) is 6.92 Å². The molecule has 2 aromatic carbocycles. The second kappa shape index (κ2) is 5.31. The third-order valence-electron chi connectivity index (χ3n) is 3.54. The molecule has 3 N–H and O–H groups in total. The van der Waals surface area contributed by atoms with Crippen LogP contribution in [0.4, 0.5) is 5.69 Å². The Bertz CT molecular complexity index is 837. The van der Waals surface area contributed by atoms with E-state index in [4.69, 9.17) is 4.65 Å². The highest BCUT2D eigenvalue weighted by Crippen LogP contribution is 2.23. The number of anilines is 1. The first kappa shape index (κ1) is 14.9. The number of benzene rings is 2. The summed E-state index contributed by atoms with van der Waals surface area (Å²) in [6.07, 6.45) is 0. The normalized spacial score (nSPS) is 14.0. The van der Waals surface area contributed by atoms with E-state index in [1.807, 2.05) is 0 Å². The molecule has 0 unspecified atom stereocenters. The molecular formula is C14H14BNO5S. The van der Waals surface area contributed by atoms with E-state index in [0.29, 0.717) is 23.3 Å². The van der Waals surface area contributed by atoms with Crippen molar-refractivity contribution in [3.8, 4) is 5.75 Å². The maximum absolute atomic E-state index is 12.4. The van der Waals surface area contributed by atoms with Gasteiger partial charge >= 0.3 is 7.12 Å². The molecule has 0 saturated carbocycles. The summed E-state index contributed by atoms with van der Waals surface area (Å²) in [5, 5.41) is 19.1. The molecule has 1 aliphatic rings. The number of hydrogen-bond acceptors (Lipinski definition) is 5. The van der Waals surface area contributed by atoms with Gasteiger partial charge in [-0.05, 0) is 53.8 Å². The van der Waals surface area contributed by atoms with Crippen molar-refractivity contribution in [2.24, 2.45) is 0 Å². The Hall–Kier alpha value is -2.03. The highest BCUT2D eigenvalue weighted by atomic mass is 32.2. The molecule has 0 atom stereocenters. The van der Waals surface area contributed by atoms with E-state index in [1.54, 1.807) is 25.1 Å². The van der Waals surface area contributed by atoms with Crippen molar-refractivity contribution in [1.82, 2.24) is 0 Å². The smallest absolute Gasteiger partial charge is 0.491 e. The van der Waals surface area contributed by atoms with Crippen molar-refractivity contribution in [3.05, 3.63) is 47.5 Å². The maximum Gasteiger partial charge on any atom is 0.491 e. The average molecular weight is 319 g/mol. The van der Waals surface area contributed by atoms with Crippen LogP contribution in [0.1, 0.15) is 11.1 Å². The summed E-state index contributed by atoms with van der Waals surface area (Å²) in [7, 11) is -4.80. The Labute approximate surface area is 128 Å². The fraction of sp³-hybridized carbons (Fsp3) is 0.143. The molecule has 3 rings (SSSR count). The highest BCUT2D eigenvalue weighted by molar-refractivity contribution is 7.92. The Morgan fingerprint density at radius 3 is 2.73 bits per heavy atom. The first-order chi connectivity index (χ1) is 10.4. The summed E-state index contributed by atoms with van der Waals surface area (Å²) >= 11 is 0. The first-order valence-electron chi connectivity index (χ1n) is 6.62. The number of nitrogens with one attached hydrogen (secondary N) is 1. The molecule has 114 valence electrons. The van der Waals surface area contributed by atoms with Gasteiger partial charge in [0.1, 0.15) is 5.75 Å². The Morgan fingerprint density at radius 1 is 1.23 bits per heavy atom. The molecule has 22 heavy (non-hydrogen) atoms. The number of aromatic hydroxyl groups is 1. The Balaban J connectivity index is 1.91. The molecule has 6 nitrogen and oxygen atoms in total. The van der Waals surface area contributed by atoms with Gasteiger partial charge < -0.3 is 14.8 Å². The average Bonchev–Trinajstić information content (AvgIpc) is 2.83. The van der Waals surface area contributed by atoms with Crippen molar-refractivity contribution in [1.29, 1.82) is 0 Å². The van der Waals surface area contributed by atoms with Gasteiger partial charge in [0, 0.05) is 5.69 Å². The van der Waals surface area contributed by atoms with E-state index < -0.39 is 17.1 Å². The number of aryl methyl sites for hydroxylation is 1. The summed E-state index contributed by atoms with van der Waals surface area (Å²) in [6, 6.07) is 8.94. The van der Waals surface area contributed by atoms with E-state index >= 15 is 0 Å². The minimum absolute atomic E-state index is 0.0387. The van der Waals surface area contributed by atoms with Gasteiger partial charge in [-0.25, -0.2) is 8.42 Å². The van der Waals surface area contributed by atoms with Crippen LogP contribution in [0.25, 0.3) is 0 Å². The van der Waals surface area contributed by atoms with Crippen LogP contribution in [-0.2, 0) is 21.3 Å². The molecular weight excluding hydrogens is 305 g/mol. The van der Waals surface area contributed by atoms with Crippen molar-refractivity contribution >= 4 is 28.3 Å². The molecule has 0 aromatic heterocycles. The molecule has 1 aliphatic heterocycles. The lowest BCUT2D eigenvalue weighted by molar-refractivity contribution is 0.275. The molecule has 0 saturated heterocycles. The number of phenolic OH excluding ortho intramolecular Hbond substituents is 1. The second-order valence-electron chi connectivity index (χ2n) is 5.13. The highest BCUT2D eigenvalue weighted by Gasteiger charge is 2.27. The third kappa shape index (κ3) is 2.68. The van der Waals surface area contributed by atoms with Gasteiger partial charge in [-0.2, -0.15) is 0 Å². The van der Waals surface area contributed by atoms with Gasteiger partial charge in [-0.15, -0.1) is 0 Å². The summed E-state index contributed by atoms with van der Waals surface area (Å²) in [5.74, 6) is 0.0387. The zero-order chi connectivity index (χ0) is 15.9. The summed E-state index contributed by atoms with van der Waals surface area (Å²) in [4.78, 5) is 0.0556. The molecule has 1 heterocycles. The quantitative estimate of drug-likeness (QED) is 0.725. The molecule has 8 heteroatoms. The van der Waals surface area contributed by atoms with Gasteiger partial charge in [0.25, 0.3) is 10.0 Å². The number of sulfonamides is 1. The SMILES string of the molecule is Cc1cc(S(=O)(=O)Nc2ccc3c(c2)B(O)OC3)ccc1O. The molecule has 0 radical (unpaired) electrons. The third-order valence-corrected chi connectivity index (χ3v) is 4.92. The fourth-order valence-electron chi connectivity index (χ4n) is 2.29. The van der Waals surface area contributed by atoms with Gasteiger partial charge in [0.15, 0.2) is 0 Å². The number of fused-ring (bicyclic) bond motifs is 1. The topological polar surface area (TPSA) is 95.9 Å². The maximum atomic E-state index is 12.4. The largest absolute Gasteiger partial charge is 0.508 e. The summed E-state index contributed by atoms with van der Waals surface area (Å²) < 4.78 is 32.2. The predicted molar refractivity (Wildman–Crippen MR) is 82.5 cm³/mol. The van der Waals surface area contributed by atoms with Crippen LogP contribution >= 0.6 is 0 Å². The number of hydrogen-bond donors (Lipinski definition) is 3. The van der Waals surface area contributed by atoms with E-state index in [9.17, 15) is 18.5 Å². The molecule has 0 aliphatic carbocycles. The second-order valence-corrected chi connectivity index (χ2v) is 6.81. The zero-order valence-electron chi connectivity index (χ0n) is 11.8. The van der Waals surface area contributed by atoms with E-state index in [0.717, 1.165) is 5.56 Å². The molecule has 0 spiro atoms. The molecule has 0 amide bonds. The van der Waals surface area contributed by atoms with E-state index in [2.05, 4.69) is 4.72 Å². The van der Waals surface area contributed by atoms with Gasteiger partial charge in [-0.3, -0.25) is 4.72 Å². The van der Waals surface area contributed by atoms with Crippen molar-refractivity contribution in [3.63, 3.8) is 0 Å². The fourth-order valence-corrected chi connectivity index (χ4v) is 3.42. The minimum Gasteiger partial charge on any atom is -0.508 e. The van der Waals surface area contributed by atoms with Crippen molar-refractivity contribution in [2.45, 2.75) is 18.4 Å². The molecule has 0 bridgehead atoms. The van der Waals surface area contributed by atoms with Crippen LogP contribution in [-0.4, -0.2) is 25.7 Å². The monoisotopic (exact) mass is 319 g/mol. The lowest BCUT2D eigenvalue weighted by Gasteiger charge is -2.10. The number of phenols is 1. The van der Waals surface area contributed by atoms with Gasteiger partial charge in [0.05, 0.1) is 11.5 Å². The standard InChI is InChI=1S/C14H14BNO5S/c1-9-6-12(4-5-14(9)17)22(19,20)16-11-3-2-10-8-21-15(18)13(10)7-11/h2-7,16-18H,8H2,1H3. The summed E-state index contributed by atoms with van der Waals surface area (Å²) in [5.41, 5.74) is 2.20. The van der Waals surface area contributed by atoms with Gasteiger partial charge in [-0.1, -0.05) is 6.07 Å². The Kier molecular flexibility index (Phi) is 3.60. The van der Waals surface area contributed by atoms with Gasteiger partial charge in [0.2, 0.25) is 0 Å². The Morgan fingerprint density at radius 2 is 2.00 bits per heavy atom. The van der Waals surface area contributed by atoms with E-state index in [-0.39, 0.29) is 10.6 Å². The van der Waals surface area contributed by atoms with Crippen LogP contribution in [0.15, 0.2) is 41.3 Å². The summed E-state index contributed by atoms with van der Waals surface area (Å²) in [6.45, 7) is 1.93. The van der Waals surface area contributed by atoms with Crippen molar-refractivity contribution in [2.75, 3.05) is 4.72 Å². The first-order valence-corrected chi connectivity index (χ1v) is 8.10. The lowest BCUT2D eigenvalue weighted by Crippen LogP contribution is -2.28. The predicted octanol–water partition coefficient (Wildman–Crippen LogP) is 0.719.